The van der Waals surface area contributed by atoms with Gasteiger partial charge in [0.1, 0.15) is 0 Å². The lowest BCUT2D eigenvalue weighted by atomic mass is 10.1. The van der Waals surface area contributed by atoms with Crippen molar-refractivity contribution >= 4 is 5.70 Å². The Labute approximate surface area is 117 Å². The maximum Gasteiger partial charge on any atom is 0.0639 e. The van der Waals surface area contributed by atoms with Gasteiger partial charge in [0.15, 0.2) is 0 Å². The van der Waals surface area contributed by atoms with Crippen LogP contribution in [0.15, 0.2) is 43.8 Å². The molecule has 1 heterocycles. The zero-order valence-corrected chi connectivity index (χ0v) is 12.9. The lowest BCUT2D eigenvalue weighted by molar-refractivity contribution is 0.292. The van der Waals surface area contributed by atoms with Crippen LogP contribution < -0.4 is 0 Å². The highest BCUT2D eigenvalue weighted by Crippen LogP contribution is 2.21. The maximum atomic E-state index is 4.36. The third kappa shape index (κ3) is 4.87. The van der Waals surface area contributed by atoms with Gasteiger partial charge in [-0.05, 0) is 32.7 Å². The molecule has 3 nitrogen and oxygen atoms in total. The molecule has 3 heteroatoms. The van der Waals surface area contributed by atoms with Gasteiger partial charge in [-0.2, -0.15) is 5.10 Å². The lowest BCUT2D eigenvalue weighted by Crippen LogP contribution is -2.18. The molecule has 0 fully saturated rings. The van der Waals surface area contributed by atoms with Gasteiger partial charge in [0, 0.05) is 17.8 Å². The van der Waals surface area contributed by atoms with Crippen LogP contribution in [0.1, 0.15) is 38.8 Å². The van der Waals surface area contributed by atoms with Gasteiger partial charge >= 0.3 is 0 Å². The standard InChI is InChI=1S/C14H21N3.C2H6/c1-6-9-13(7-2)17-11-12(10-15-17)14(8-3)16(4)5;1-2/h6-7,9-11,14H,1-2,8H2,3-5H3;1-2H3/b13-9+;. The molecule has 1 aromatic rings. The highest BCUT2D eigenvalue weighted by Gasteiger charge is 2.13. The summed E-state index contributed by atoms with van der Waals surface area (Å²) in [6.07, 6.45) is 10.4. The van der Waals surface area contributed by atoms with Gasteiger partial charge < -0.3 is 4.90 Å². The van der Waals surface area contributed by atoms with Crippen molar-refractivity contribution in [2.75, 3.05) is 14.1 Å². The van der Waals surface area contributed by atoms with Crippen molar-refractivity contribution in [1.82, 2.24) is 14.7 Å². The predicted octanol–water partition coefficient (Wildman–Crippen LogP) is 4.13. The normalized spacial score (nSPS) is 12.6. The van der Waals surface area contributed by atoms with E-state index < -0.39 is 0 Å². The number of hydrogen-bond donors (Lipinski definition) is 0. The molecule has 0 bridgehead atoms. The molecule has 0 aliphatic rings. The van der Waals surface area contributed by atoms with Crippen LogP contribution in [0, 0.1) is 0 Å². The monoisotopic (exact) mass is 261 g/mol. The van der Waals surface area contributed by atoms with E-state index >= 15 is 0 Å². The summed E-state index contributed by atoms with van der Waals surface area (Å²) in [5, 5.41) is 4.36. The number of aromatic nitrogens is 2. The van der Waals surface area contributed by atoms with Crippen LogP contribution in [0.2, 0.25) is 0 Å². The van der Waals surface area contributed by atoms with Crippen LogP contribution in [0.25, 0.3) is 5.70 Å². The van der Waals surface area contributed by atoms with E-state index in [2.05, 4.69) is 44.2 Å². The average Bonchev–Trinajstić information content (AvgIpc) is 2.88. The molecule has 0 radical (unpaired) electrons. The maximum absolute atomic E-state index is 4.36. The Morgan fingerprint density at radius 1 is 1.42 bits per heavy atom. The molecule has 1 unspecified atom stereocenters. The van der Waals surface area contributed by atoms with Crippen molar-refractivity contribution < 1.29 is 0 Å². The number of hydrogen-bond acceptors (Lipinski definition) is 2. The van der Waals surface area contributed by atoms with Crippen LogP contribution in [-0.4, -0.2) is 28.8 Å². The number of nitrogens with zero attached hydrogens (tertiary/aromatic N) is 3. The van der Waals surface area contributed by atoms with Gasteiger partial charge in [0.05, 0.1) is 11.9 Å². The molecular formula is C16H27N3. The fourth-order valence-electron chi connectivity index (χ4n) is 1.91. The first-order valence-electron chi connectivity index (χ1n) is 6.80. The van der Waals surface area contributed by atoms with E-state index in [1.807, 2.05) is 37.0 Å². The quantitative estimate of drug-likeness (QED) is 0.718. The summed E-state index contributed by atoms with van der Waals surface area (Å²) in [5.41, 5.74) is 2.15. The second kappa shape index (κ2) is 9.34. The molecular weight excluding hydrogens is 234 g/mol. The molecule has 1 atom stereocenters. The Bertz CT molecular complexity index is 413. The van der Waals surface area contributed by atoms with Gasteiger partial charge in [0.25, 0.3) is 0 Å². The molecule has 19 heavy (non-hydrogen) atoms. The zero-order chi connectivity index (χ0) is 14.8. The largest absolute Gasteiger partial charge is 0.302 e. The molecule has 0 N–H and O–H groups in total. The Balaban J connectivity index is 0.00000154. The Hall–Kier alpha value is -1.61. The Morgan fingerprint density at radius 3 is 2.47 bits per heavy atom. The first-order valence-corrected chi connectivity index (χ1v) is 6.80. The molecule has 0 aliphatic carbocycles. The third-order valence-corrected chi connectivity index (χ3v) is 2.76. The van der Waals surface area contributed by atoms with Gasteiger partial charge in [-0.25, -0.2) is 4.68 Å². The Kier molecular flexibility index (Phi) is 8.55. The zero-order valence-electron chi connectivity index (χ0n) is 12.9. The molecule has 1 rings (SSSR count). The van der Waals surface area contributed by atoms with E-state index in [1.165, 1.54) is 5.56 Å². The fraction of sp³-hybridized carbons (Fsp3) is 0.438. The molecule has 0 spiro atoms. The summed E-state index contributed by atoms with van der Waals surface area (Å²) in [6.45, 7) is 13.6. The number of rotatable bonds is 6. The SMILES string of the molecule is C=C/C=C(\C=C)n1cc(C(CC)N(C)C)cn1.CC. The smallest absolute Gasteiger partial charge is 0.0639 e. The summed E-state index contributed by atoms with van der Waals surface area (Å²) >= 11 is 0. The average molecular weight is 261 g/mol. The van der Waals surface area contributed by atoms with E-state index in [9.17, 15) is 0 Å². The Morgan fingerprint density at radius 2 is 2.05 bits per heavy atom. The van der Waals surface area contributed by atoms with E-state index in [1.54, 1.807) is 12.2 Å². The molecule has 1 aromatic heterocycles. The van der Waals surface area contributed by atoms with Crippen LogP contribution >= 0.6 is 0 Å². The lowest BCUT2D eigenvalue weighted by Gasteiger charge is -2.21. The van der Waals surface area contributed by atoms with Gasteiger partial charge in [-0.15, -0.1) is 0 Å². The second-order valence-electron chi connectivity index (χ2n) is 4.14. The molecule has 0 aromatic carbocycles. The van der Waals surface area contributed by atoms with Crippen molar-refractivity contribution in [2.45, 2.75) is 33.2 Å². The van der Waals surface area contributed by atoms with Crippen molar-refractivity contribution in [3.05, 3.63) is 49.3 Å². The van der Waals surface area contributed by atoms with Crippen LogP contribution in [0.5, 0.6) is 0 Å². The van der Waals surface area contributed by atoms with Gasteiger partial charge in [0.2, 0.25) is 0 Å². The molecule has 0 amide bonds. The minimum Gasteiger partial charge on any atom is -0.302 e. The molecule has 0 saturated heterocycles. The van der Waals surface area contributed by atoms with E-state index in [-0.39, 0.29) is 0 Å². The van der Waals surface area contributed by atoms with E-state index in [4.69, 9.17) is 0 Å². The summed E-state index contributed by atoms with van der Waals surface area (Å²) in [7, 11) is 4.17. The third-order valence-electron chi connectivity index (χ3n) is 2.76. The molecule has 106 valence electrons. The van der Waals surface area contributed by atoms with Crippen molar-refractivity contribution in [2.24, 2.45) is 0 Å². The molecule has 0 aliphatic heterocycles. The van der Waals surface area contributed by atoms with Gasteiger partial charge in [-0.3, -0.25) is 0 Å². The summed E-state index contributed by atoms with van der Waals surface area (Å²) in [6, 6.07) is 0.401. The molecule has 0 saturated carbocycles. The first-order chi connectivity index (χ1) is 9.13. The fourth-order valence-corrected chi connectivity index (χ4v) is 1.91. The van der Waals surface area contributed by atoms with Crippen molar-refractivity contribution in [1.29, 1.82) is 0 Å². The van der Waals surface area contributed by atoms with Crippen LogP contribution in [0.4, 0.5) is 0 Å². The predicted molar refractivity (Wildman–Crippen MR) is 85.0 cm³/mol. The number of allylic oxidation sites excluding steroid dienone is 4. The second-order valence-corrected chi connectivity index (χ2v) is 4.14. The minimum atomic E-state index is 0.401. The highest BCUT2D eigenvalue weighted by molar-refractivity contribution is 5.57. The van der Waals surface area contributed by atoms with Gasteiger partial charge in [-0.1, -0.05) is 40.0 Å². The van der Waals surface area contributed by atoms with E-state index in [0.29, 0.717) is 6.04 Å². The summed E-state index contributed by atoms with van der Waals surface area (Å²) in [5.74, 6) is 0. The van der Waals surface area contributed by atoms with Crippen LogP contribution in [-0.2, 0) is 0 Å². The van der Waals surface area contributed by atoms with Crippen molar-refractivity contribution in [3.63, 3.8) is 0 Å². The summed E-state index contributed by atoms with van der Waals surface area (Å²) < 4.78 is 1.83. The minimum absolute atomic E-state index is 0.401. The van der Waals surface area contributed by atoms with E-state index in [0.717, 1.165) is 12.1 Å². The summed E-state index contributed by atoms with van der Waals surface area (Å²) in [4.78, 5) is 2.20. The highest BCUT2D eigenvalue weighted by atomic mass is 15.3. The topological polar surface area (TPSA) is 21.1 Å². The van der Waals surface area contributed by atoms with Crippen LogP contribution in [0.3, 0.4) is 0 Å². The van der Waals surface area contributed by atoms with Crippen molar-refractivity contribution in [3.8, 4) is 0 Å². The first kappa shape index (κ1) is 17.4.